The Morgan fingerprint density at radius 2 is 1.77 bits per heavy atom. The predicted molar refractivity (Wildman–Crippen MR) is 109 cm³/mol. The lowest BCUT2D eigenvalue weighted by Gasteiger charge is -2.39. The van der Waals surface area contributed by atoms with Crippen LogP contribution in [-0.4, -0.2) is 54.5 Å². The molecular formula is C22H37FN2O. The van der Waals surface area contributed by atoms with E-state index in [0.29, 0.717) is 24.8 Å². The summed E-state index contributed by atoms with van der Waals surface area (Å²) in [5, 5.41) is 10.0. The summed E-state index contributed by atoms with van der Waals surface area (Å²) in [6.07, 6.45) is 3.38. The average molecular weight is 365 g/mol. The average Bonchev–Trinajstić information content (AvgIpc) is 2.66. The van der Waals surface area contributed by atoms with E-state index in [1.54, 1.807) is 0 Å². The molecule has 4 heteroatoms. The molecule has 0 radical (unpaired) electrons. The summed E-state index contributed by atoms with van der Waals surface area (Å²) in [6, 6.07) is 9.45. The minimum atomic E-state index is -1.07. The number of halogens is 1. The molecule has 0 bridgehead atoms. The topological polar surface area (TPSA) is 26.7 Å². The zero-order valence-electron chi connectivity index (χ0n) is 17.0. The fourth-order valence-electron chi connectivity index (χ4n) is 3.81. The Balaban J connectivity index is 1.78. The fraction of sp³-hybridized carbons (Fsp3) is 0.727. The highest BCUT2D eigenvalue weighted by atomic mass is 19.1. The summed E-state index contributed by atoms with van der Waals surface area (Å²) in [4.78, 5) is 4.84. The van der Waals surface area contributed by atoms with Crippen LogP contribution in [0.3, 0.4) is 0 Å². The zero-order chi connectivity index (χ0) is 19.2. The van der Waals surface area contributed by atoms with E-state index in [9.17, 15) is 9.50 Å². The number of nitrogens with zero attached hydrogens (tertiary/aromatic N) is 2. The maximum absolute atomic E-state index is 12.9. The number of hydrogen-bond donors (Lipinski definition) is 1. The van der Waals surface area contributed by atoms with E-state index in [-0.39, 0.29) is 0 Å². The molecule has 3 nitrogen and oxygen atoms in total. The normalized spacial score (nSPS) is 18.9. The molecule has 1 aliphatic rings. The molecule has 0 amide bonds. The van der Waals surface area contributed by atoms with Gasteiger partial charge >= 0.3 is 0 Å². The predicted octanol–water partition coefficient (Wildman–Crippen LogP) is 4.60. The molecule has 1 heterocycles. The Kier molecular flexibility index (Phi) is 7.90. The lowest BCUT2D eigenvalue weighted by molar-refractivity contribution is -0.0456. The first-order valence-corrected chi connectivity index (χ1v) is 10.3. The number of anilines is 1. The van der Waals surface area contributed by atoms with E-state index in [4.69, 9.17) is 0 Å². The van der Waals surface area contributed by atoms with E-state index in [1.165, 1.54) is 11.3 Å². The number of benzene rings is 1. The molecular weight excluding hydrogens is 327 g/mol. The van der Waals surface area contributed by atoms with Gasteiger partial charge in [-0.15, -0.1) is 0 Å². The van der Waals surface area contributed by atoms with E-state index < -0.39 is 12.3 Å². The molecule has 0 aliphatic carbocycles. The molecule has 148 valence electrons. The van der Waals surface area contributed by atoms with Crippen molar-refractivity contribution in [1.82, 2.24) is 4.90 Å². The Hall–Kier alpha value is -1.13. The lowest BCUT2D eigenvalue weighted by atomic mass is 9.92. The first kappa shape index (κ1) is 21.2. The summed E-state index contributed by atoms with van der Waals surface area (Å²) in [6.45, 7) is 12.0. The SMILES string of the molecule is CCN(CCCC(C)N1CCC(O)(CF)CC1)c1ccc(C(C)C)cc1. The van der Waals surface area contributed by atoms with Crippen molar-refractivity contribution in [3.8, 4) is 0 Å². The molecule has 0 spiro atoms. The van der Waals surface area contributed by atoms with Crippen LogP contribution >= 0.6 is 0 Å². The Morgan fingerprint density at radius 3 is 2.27 bits per heavy atom. The lowest BCUT2D eigenvalue weighted by Crippen LogP contribution is -2.48. The number of likely N-dealkylation sites (tertiary alicyclic amines) is 1. The van der Waals surface area contributed by atoms with E-state index in [1.807, 2.05) is 0 Å². The summed E-state index contributed by atoms with van der Waals surface area (Å²) in [7, 11) is 0. The van der Waals surface area contributed by atoms with Crippen molar-refractivity contribution in [3.05, 3.63) is 29.8 Å². The van der Waals surface area contributed by atoms with Crippen LogP contribution in [0.25, 0.3) is 0 Å². The van der Waals surface area contributed by atoms with Crippen molar-refractivity contribution in [2.45, 2.75) is 70.9 Å². The van der Waals surface area contributed by atoms with Crippen LogP contribution < -0.4 is 4.90 Å². The van der Waals surface area contributed by atoms with Crippen molar-refractivity contribution in [1.29, 1.82) is 0 Å². The van der Waals surface area contributed by atoms with Crippen LogP contribution in [0.1, 0.15) is 64.9 Å². The van der Waals surface area contributed by atoms with Crippen LogP contribution in [0.4, 0.5) is 10.1 Å². The van der Waals surface area contributed by atoms with E-state index >= 15 is 0 Å². The maximum atomic E-state index is 12.9. The Labute approximate surface area is 159 Å². The highest BCUT2D eigenvalue weighted by Crippen LogP contribution is 2.25. The van der Waals surface area contributed by atoms with Crippen LogP contribution in [0.2, 0.25) is 0 Å². The molecule has 1 aromatic rings. The van der Waals surface area contributed by atoms with Gasteiger partial charge in [0.15, 0.2) is 0 Å². The molecule has 1 unspecified atom stereocenters. The molecule has 1 N–H and O–H groups in total. The number of alkyl halides is 1. The van der Waals surface area contributed by atoms with Crippen LogP contribution in [0, 0.1) is 0 Å². The van der Waals surface area contributed by atoms with Gasteiger partial charge in [0, 0.05) is 37.9 Å². The van der Waals surface area contributed by atoms with Crippen molar-refractivity contribution >= 4 is 5.69 Å². The van der Waals surface area contributed by atoms with Crippen LogP contribution in [0.5, 0.6) is 0 Å². The minimum absolute atomic E-state index is 0.487. The molecule has 2 rings (SSSR count). The van der Waals surface area contributed by atoms with Gasteiger partial charge in [-0.05, 0) is 63.1 Å². The van der Waals surface area contributed by atoms with Gasteiger partial charge in [0.1, 0.15) is 6.67 Å². The second kappa shape index (κ2) is 9.70. The number of hydrogen-bond acceptors (Lipinski definition) is 3. The van der Waals surface area contributed by atoms with Gasteiger partial charge in [0.25, 0.3) is 0 Å². The third kappa shape index (κ3) is 5.68. The molecule has 1 fully saturated rings. The van der Waals surface area contributed by atoms with Crippen molar-refractivity contribution in [2.24, 2.45) is 0 Å². The number of piperidine rings is 1. The number of rotatable bonds is 9. The second-order valence-corrected chi connectivity index (χ2v) is 8.21. The zero-order valence-corrected chi connectivity index (χ0v) is 17.0. The molecule has 1 saturated heterocycles. The second-order valence-electron chi connectivity index (χ2n) is 8.21. The monoisotopic (exact) mass is 364 g/mol. The van der Waals surface area contributed by atoms with Gasteiger partial charge in [-0.25, -0.2) is 4.39 Å². The van der Waals surface area contributed by atoms with Crippen LogP contribution in [-0.2, 0) is 0 Å². The molecule has 26 heavy (non-hydrogen) atoms. The number of aliphatic hydroxyl groups is 1. The highest BCUT2D eigenvalue weighted by Gasteiger charge is 2.33. The third-order valence-corrected chi connectivity index (χ3v) is 5.96. The summed E-state index contributed by atoms with van der Waals surface area (Å²) in [5.74, 6) is 0.569. The van der Waals surface area contributed by atoms with Gasteiger partial charge in [-0.3, -0.25) is 0 Å². The van der Waals surface area contributed by atoms with Crippen molar-refractivity contribution in [2.75, 3.05) is 37.8 Å². The molecule has 0 saturated carbocycles. The largest absolute Gasteiger partial charge is 0.387 e. The molecule has 1 aromatic carbocycles. The van der Waals surface area contributed by atoms with Gasteiger partial charge in [0.05, 0.1) is 5.60 Å². The van der Waals surface area contributed by atoms with Crippen molar-refractivity contribution in [3.63, 3.8) is 0 Å². The maximum Gasteiger partial charge on any atom is 0.118 e. The quantitative estimate of drug-likeness (QED) is 0.694. The summed E-state index contributed by atoms with van der Waals surface area (Å²) >= 11 is 0. The first-order valence-electron chi connectivity index (χ1n) is 10.3. The third-order valence-electron chi connectivity index (χ3n) is 5.96. The van der Waals surface area contributed by atoms with Gasteiger partial charge in [-0.2, -0.15) is 0 Å². The van der Waals surface area contributed by atoms with Gasteiger partial charge < -0.3 is 14.9 Å². The fourth-order valence-corrected chi connectivity index (χ4v) is 3.81. The minimum Gasteiger partial charge on any atom is -0.387 e. The van der Waals surface area contributed by atoms with Crippen LogP contribution in [0.15, 0.2) is 24.3 Å². The standard InChI is InChI=1S/C22H37FN2O/c1-5-24(21-10-8-20(9-11-21)18(2)3)14-6-7-19(4)25-15-12-22(26,17-23)13-16-25/h8-11,18-19,26H,5-7,12-17H2,1-4H3. The van der Waals surface area contributed by atoms with Gasteiger partial charge in [-0.1, -0.05) is 26.0 Å². The van der Waals surface area contributed by atoms with Crippen molar-refractivity contribution < 1.29 is 9.50 Å². The summed E-state index contributed by atoms with van der Waals surface area (Å²) in [5.41, 5.74) is 1.62. The smallest absolute Gasteiger partial charge is 0.118 e. The molecule has 0 aromatic heterocycles. The van der Waals surface area contributed by atoms with Gasteiger partial charge in [0.2, 0.25) is 0 Å². The first-order chi connectivity index (χ1) is 12.4. The Bertz CT molecular complexity index is 523. The van der Waals surface area contributed by atoms with E-state index in [2.05, 4.69) is 61.8 Å². The highest BCUT2D eigenvalue weighted by molar-refractivity contribution is 5.47. The molecule has 1 aliphatic heterocycles. The van der Waals surface area contributed by atoms with E-state index in [0.717, 1.165) is 39.0 Å². The molecule has 1 atom stereocenters. The Morgan fingerprint density at radius 1 is 1.15 bits per heavy atom. The summed E-state index contributed by atoms with van der Waals surface area (Å²) < 4.78 is 12.9.